The second kappa shape index (κ2) is 4.45. The van der Waals surface area contributed by atoms with Crippen LogP contribution in [0.2, 0.25) is 5.02 Å². The summed E-state index contributed by atoms with van der Waals surface area (Å²) in [6.07, 6.45) is 0. The van der Waals surface area contributed by atoms with Crippen LogP contribution < -0.4 is 0 Å². The lowest BCUT2D eigenvalue weighted by molar-refractivity contribution is 1.29. The van der Waals surface area contributed by atoms with Crippen molar-refractivity contribution in [1.82, 2.24) is 9.38 Å². The molecule has 23 heavy (non-hydrogen) atoms. The Labute approximate surface area is 140 Å². The predicted molar refractivity (Wildman–Crippen MR) is 95.3 cm³/mol. The quantitative estimate of drug-likeness (QED) is 0.381. The zero-order chi connectivity index (χ0) is 15.6. The van der Waals surface area contributed by atoms with E-state index in [0.29, 0.717) is 16.2 Å². The van der Waals surface area contributed by atoms with Crippen molar-refractivity contribution in [1.29, 1.82) is 5.26 Å². The summed E-state index contributed by atoms with van der Waals surface area (Å²) in [5.74, 6) is 0. The minimum atomic E-state index is 0.432. The van der Waals surface area contributed by atoms with Gasteiger partial charge in [0.25, 0.3) is 0 Å². The van der Waals surface area contributed by atoms with Crippen molar-refractivity contribution >= 4 is 59.9 Å². The summed E-state index contributed by atoms with van der Waals surface area (Å²) in [4.78, 5) is 4.64. The first kappa shape index (κ1) is 12.9. The third-order valence-electron chi connectivity index (χ3n) is 4.11. The largest absolute Gasteiger partial charge is 0.290 e. The highest BCUT2D eigenvalue weighted by Gasteiger charge is 2.20. The lowest BCUT2D eigenvalue weighted by atomic mass is 10.2. The van der Waals surface area contributed by atoms with Gasteiger partial charge >= 0.3 is 0 Å². The molecule has 0 unspecified atom stereocenters. The Bertz CT molecular complexity index is 1290. The maximum atomic E-state index is 9.59. The van der Waals surface area contributed by atoms with Gasteiger partial charge in [0.15, 0.2) is 5.65 Å². The number of fused-ring (bicyclic) bond motifs is 7. The van der Waals surface area contributed by atoms with Gasteiger partial charge < -0.3 is 0 Å². The van der Waals surface area contributed by atoms with Crippen molar-refractivity contribution in [2.24, 2.45) is 0 Å². The molecule has 3 nitrogen and oxygen atoms in total. The molecule has 0 aliphatic rings. The van der Waals surface area contributed by atoms with Crippen molar-refractivity contribution in [3.63, 3.8) is 0 Å². The molecule has 0 aliphatic heterocycles. The van der Waals surface area contributed by atoms with Crippen molar-refractivity contribution < 1.29 is 0 Å². The van der Waals surface area contributed by atoms with Crippen LogP contribution in [0.25, 0.3) is 37.0 Å². The van der Waals surface area contributed by atoms with E-state index in [-0.39, 0.29) is 0 Å². The zero-order valence-corrected chi connectivity index (χ0v) is 13.3. The molecule has 0 fully saturated rings. The van der Waals surface area contributed by atoms with Crippen molar-refractivity contribution in [2.75, 3.05) is 0 Å². The van der Waals surface area contributed by atoms with Crippen molar-refractivity contribution in [3.8, 4) is 6.07 Å². The number of pyridine rings is 1. The van der Waals surface area contributed by atoms with E-state index in [4.69, 9.17) is 11.6 Å². The Kier molecular flexibility index (Phi) is 2.49. The van der Waals surface area contributed by atoms with Gasteiger partial charge in [-0.05, 0) is 18.2 Å². The van der Waals surface area contributed by atoms with Gasteiger partial charge in [0.1, 0.15) is 11.6 Å². The minimum Gasteiger partial charge on any atom is -0.290 e. The predicted octanol–water partition coefficient (Wildman–Crippen LogP) is 5.38. The molecule has 3 heterocycles. The SMILES string of the molecule is N#Cc1c(Cl)c2sc3ccccc3c2n2c1nc1ccccc12. The molecule has 0 aliphatic carbocycles. The average Bonchev–Trinajstić information content (AvgIpc) is 3.13. The number of thiophene rings is 1. The summed E-state index contributed by atoms with van der Waals surface area (Å²) >= 11 is 8.17. The van der Waals surface area contributed by atoms with E-state index in [1.165, 1.54) is 0 Å². The van der Waals surface area contributed by atoms with Gasteiger partial charge in [-0.25, -0.2) is 4.98 Å². The monoisotopic (exact) mass is 333 g/mol. The number of benzene rings is 2. The van der Waals surface area contributed by atoms with Crippen LogP contribution in [-0.2, 0) is 0 Å². The zero-order valence-electron chi connectivity index (χ0n) is 11.7. The summed E-state index contributed by atoms with van der Waals surface area (Å²) in [6, 6.07) is 18.3. The fourth-order valence-corrected chi connectivity index (χ4v) is 4.60. The summed E-state index contributed by atoms with van der Waals surface area (Å²) < 4.78 is 4.15. The van der Waals surface area contributed by atoms with Gasteiger partial charge in [0, 0.05) is 10.1 Å². The molecule has 0 spiro atoms. The molecule has 0 N–H and O–H groups in total. The molecule has 3 aromatic heterocycles. The summed E-state index contributed by atoms with van der Waals surface area (Å²) in [6.45, 7) is 0. The summed E-state index contributed by atoms with van der Waals surface area (Å²) in [5.41, 5.74) is 3.93. The van der Waals surface area contributed by atoms with Gasteiger partial charge in [-0.3, -0.25) is 4.40 Å². The van der Waals surface area contributed by atoms with E-state index in [1.54, 1.807) is 11.3 Å². The van der Waals surface area contributed by atoms with Crippen LogP contribution in [-0.4, -0.2) is 9.38 Å². The van der Waals surface area contributed by atoms with E-state index in [9.17, 15) is 5.26 Å². The Balaban J connectivity index is 2.24. The van der Waals surface area contributed by atoms with Crippen LogP contribution in [0.1, 0.15) is 5.56 Å². The second-order valence-electron chi connectivity index (χ2n) is 5.34. The van der Waals surface area contributed by atoms with Crippen molar-refractivity contribution in [3.05, 3.63) is 59.1 Å². The maximum absolute atomic E-state index is 9.59. The van der Waals surface area contributed by atoms with Crippen LogP contribution >= 0.6 is 22.9 Å². The van der Waals surface area contributed by atoms with E-state index in [2.05, 4.69) is 27.6 Å². The Morgan fingerprint density at radius 2 is 1.87 bits per heavy atom. The third-order valence-corrected chi connectivity index (χ3v) is 5.78. The highest BCUT2D eigenvalue weighted by atomic mass is 35.5. The molecule has 0 saturated heterocycles. The van der Waals surface area contributed by atoms with Crippen LogP contribution in [0.5, 0.6) is 0 Å². The van der Waals surface area contributed by atoms with Gasteiger partial charge in [0.2, 0.25) is 0 Å². The van der Waals surface area contributed by atoms with Crippen LogP contribution in [0.3, 0.4) is 0 Å². The first-order valence-electron chi connectivity index (χ1n) is 7.09. The molecule has 108 valence electrons. The molecule has 0 bridgehead atoms. The van der Waals surface area contributed by atoms with E-state index < -0.39 is 0 Å². The fraction of sp³-hybridized carbons (Fsp3) is 0. The number of para-hydroxylation sites is 2. The minimum absolute atomic E-state index is 0.432. The number of hydrogen-bond donors (Lipinski definition) is 0. The number of aromatic nitrogens is 2. The molecule has 5 rings (SSSR count). The summed E-state index contributed by atoms with van der Waals surface area (Å²) in [7, 11) is 0. The number of halogens is 1. The van der Waals surface area contributed by atoms with Gasteiger partial charge in [-0.2, -0.15) is 5.26 Å². The third kappa shape index (κ3) is 1.56. The molecular formula is C18H8ClN3S. The number of nitriles is 1. The Morgan fingerprint density at radius 3 is 2.74 bits per heavy atom. The number of imidazole rings is 1. The molecule has 0 saturated carbocycles. The standard InChI is InChI=1S/C18H8ClN3S/c19-15-11(9-20)18-21-12-6-2-3-7-13(12)22(18)16-10-5-1-4-8-14(10)23-17(15)16/h1-8H. The van der Waals surface area contributed by atoms with Crippen LogP contribution in [0.15, 0.2) is 48.5 Å². The smallest absolute Gasteiger partial charge is 0.158 e. The molecule has 5 heteroatoms. The fourth-order valence-electron chi connectivity index (χ4n) is 3.13. The Hall–Kier alpha value is -2.61. The number of hydrogen-bond acceptors (Lipinski definition) is 3. The average molecular weight is 334 g/mol. The first-order chi connectivity index (χ1) is 11.3. The highest BCUT2D eigenvalue weighted by molar-refractivity contribution is 7.26. The lowest BCUT2D eigenvalue weighted by Gasteiger charge is -2.04. The van der Waals surface area contributed by atoms with E-state index in [0.717, 1.165) is 31.3 Å². The van der Waals surface area contributed by atoms with E-state index in [1.807, 2.05) is 36.4 Å². The molecule has 5 aromatic rings. The second-order valence-corrected chi connectivity index (χ2v) is 6.77. The number of rotatable bonds is 0. The van der Waals surface area contributed by atoms with Crippen LogP contribution in [0.4, 0.5) is 0 Å². The topological polar surface area (TPSA) is 41.1 Å². The van der Waals surface area contributed by atoms with Gasteiger partial charge in [0.05, 0.1) is 26.3 Å². The maximum Gasteiger partial charge on any atom is 0.158 e. The van der Waals surface area contributed by atoms with Crippen LogP contribution in [0, 0.1) is 11.3 Å². The molecule has 0 radical (unpaired) electrons. The normalized spacial score (nSPS) is 11.7. The first-order valence-corrected chi connectivity index (χ1v) is 8.29. The van der Waals surface area contributed by atoms with Gasteiger partial charge in [-0.1, -0.05) is 41.9 Å². The molecule has 2 aromatic carbocycles. The van der Waals surface area contributed by atoms with Gasteiger partial charge in [-0.15, -0.1) is 11.3 Å². The number of nitrogens with zero attached hydrogens (tertiary/aromatic N) is 3. The van der Waals surface area contributed by atoms with E-state index >= 15 is 0 Å². The highest BCUT2D eigenvalue weighted by Crippen LogP contribution is 2.41. The molecule has 0 atom stereocenters. The summed E-state index contributed by atoms with van der Waals surface area (Å²) in [5, 5.41) is 11.2. The Morgan fingerprint density at radius 1 is 1.09 bits per heavy atom. The molecule has 0 amide bonds. The lowest BCUT2D eigenvalue weighted by Crippen LogP contribution is -1.92. The van der Waals surface area contributed by atoms with Crippen molar-refractivity contribution in [2.45, 2.75) is 0 Å². The molecular weight excluding hydrogens is 326 g/mol.